The summed E-state index contributed by atoms with van der Waals surface area (Å²) in [5, 5.41) is 17.3. The molecule has 7 heteroatoms. The second-order valence-electron chi connectivity index (χ2n) is 4.76. The number of hydrogen-bond donors (Lipinski definition) is 2. The number of carboxylic acids is 1. The molecule has 21 heavy (non-hydrogen) atoms. The highest BCUT2D eigenvalue weighted by atomic mass is 35.5. The van der Waals surface area contributed by atoms with Crippen LogP contribution in [0.15, 0.2) is 28.8 Å². The number of halogens is 1. The van der Waals surface area contributed by atoms with Crippen molar-refractivity contribution >= 4 is 23.4 Å². The van der Waals surface area contributed by atoms with Gasteiger partial charge in [0.15, 0.2) is 17.1 Å². The van der Waals surface area contributed by atoms with Crippen LogP contribution in [0.2, 0.25) is 5.02 Å². The summed E-state index contributed by atoms with van der Waals surface area (Å²) < 4.78 is 5.30. The number of aromatic carboxylic acids is 1. The van der Waals surface area contributed by atoms with Gasteiger partial charge in [-0.1, -0.05) is 16.8 Å². The molecule has 1 aliphatic heterocycles. The Balaban J connectivity index is 2.03. The maximum absolute atomic E-state index is 11.6. The number of carboxylic acid groups (broad SMARTS) is 1. The molecule has 0 unspecified atom stereocenters. The third-order valence-corrected chi connectivity index (χ3v) is 3.66. The largest absolute Gasteiger partial charge is 0.477 e. The summed E-state index contributed by atoms with van der Waals surface area (Å²) in [5.41, 5.74) is 0.741. The molecular formula is C14H14ClN3O3. The van der Waals surface area contributed by atoms with Crippen LogP contribution in [0, 0.1) is 0 Å². The molecule has 0 aliphatic carbocycles. The first-order chi connectivity index (χ1) is 10.2. The van der Waals surface area contributed by atoms with Gasteiger partial charge >= 0.3 is 5.97 Å². The molecule has 1 aromatic carbocycles. The zero-order chi connectivity index (χ0) is 14.8. The first-order valence-electron chi connectivity index (χ1n) is 6.61. The quantitative estimate of drug-likeness (QED) is 0.904. The molecule has 2 heterocycles. The van der Waals surface area contributed by atoms with Crippen LogP contribution in [-0.2, 0) is 0 Å². The van der Waals surface area contributed by atoms with E-state index in [0.29, 0.717) is 29.5 Å². The lowest BCUT2D eigenvalue weighted by atomic mass is 10.1. The second kappa shape index (κ2) is 5.75. The van der Waals surface area contributed by atoms with Gasteiger partial charge < -0.3 is 19.8 Å². The van der Waals surface area contributed by atoms with Crippen LogP contribution in [-0.4, -0.2) is 42.4 Å². The summed E-state index contributed by atoms with van der Waals surface area (Å²) >= 11 is 5.85. The molecule has 1 saturated heterocycles. The van der Waals surface area contributed by atoms with Crippen LogP contribution in [0.3, 0.4) is 0 Å². The van der Waals surface area contributed by atoms with Crippen molar-refractivity contribution in [3.63, 3.8) is 0 Å². The number of aromatic nitrogens is 1. The Hall–Kier alpha value is -2.05. The average molecular weight is 308 g/mol. The van der Waals surface area contributed by atoms with E-state index in [-0.39, 0.29) is 11.3 Å². The minimum atomic E-state index is -1.05. The number of hydrogen-bond acceptors (Lipinski definition) is 5. The molecular weight excluding hydrogens is 294 g/mol. The molecule has 0 atom stereocenters. The van der Waals surface area contributed by atoms with Crippen LogP contribution in [0.5, 0.6) is 0 Å². The van der Waals surface area contributed by atoms with E-state index in [1.807, 2.05) is 4.90 Å². The Morgan fingerprint density at radius 2 is 1.95 bits per heavy atom. The standard InChI is InChI=1S/C14H14ClN3O3/c15-10-3-1-9(2-4-10)12-11(14(19)20)13(17-21-12)18-7-5-16-6-8-18/h1-4,16H,5-8H2,(H,19,20). The fourth-order valence-corrected chi connectivity index (χ4v) is 2.49. The summed E-state index contributed by atoms with van der Waals surface area (Å²) in [5.74, 6) is -0.406. The number of rotatable bonds is 3. The van der Waals surface area contributed by atoms with E-state index in [0.717, 1.165) is 13.1 Å². The third kappa shape index (κ3) is 2.72. The molecule has 0 bridgehead atoms. The van der Waals surface area contributed by atoms with Crippen molar-refractivity contribution in [3.05, 3.63) is 34.9 Å². The molecule has 2 aromatic rings. The van der Waals surface area contributed by atoms with Crippen LogP contribution in [0.25, 0.3) is 11.3 Å². The van der Waals surface area contributed by atoms with Crippen molar-refractivity contribution in [3.8, 4) is 11.3 Å². The number of piperazine rings is 1. The van der Waals surface area contributed by atoms with E-state index >= 15 is 0 Å². The molecule has 0 spiro atoms. The highest BCUT2D eigenvalue weighted by Gasteiger charge is 2.28. The van der Waals surface area contributed by atoms with E-state index < -0.39 is 5.97 Å². The molecule has 6 nitrogen and oxygen atoms in total. The number of anilines is 1. The third-order valence-electron chi connectivity index (χ3n) is 3.41. The van der Waals surface area contributed by atoms with Gasteiger partial charge in [0.25, 0.3) is 0 Å². The number of nitrogens with one attached hydrogen (secondary N) is 1. The molecule has 0 radical (unpaired) electrons. The molecule has 0 saturated carbocycles. The normalized spacial score (nSPS) is 15.2. The smallest absolute Gasteiger partial charge is 0.343 e. The summed E-state index contributed by atoms with van der Waals surface area (Å²) in [6.07, 6.45) is 0. The molecule has 1 fully saturated rings. The van der Waals surface area contributed by atoms with Gasteiger partial charge in [0.2, 0.25) is 0 Å². The van der Waals surface area contributed by atoms with Crippen molar-refractivity contribution in [1.82, 2.24) is 10.5 Å². The summed E-state index contributed by atoms with van der Waals surface area (Å²) in [6, 6.07) is 6.82. The van der Waals surface area contributed by atoms with E-state index in [4.69, 9.17) is 16.1 Å². The number of benzene rings is 1. The zero-order valence-corrected chi connectivity index (χ0v) is 11.9. The Bertz CT molecular complexity index is 648. The van der Waals surface area contributed by atoms with Gasteiger partial charge in [-0.25, -0.2) is 4.79 Å². The van der Waals surface area contributed by atoms with Crippen molar-refractivity contribution in [1.29, 1.82) is 0 Å². The van der Waals surface area contributed by atoms with Gasteiger partial charge in [-0.3, -0.25) is 0 Å². The van der Waals surface area contributed by atoms with Gasteiger partial charge in [0, 0.05) is 36.8 Å². The van der Waals surface area contributed by atoms with Gasteiger partial charge in [0.05, 0.1) is 0 Å². The first kappa shape index (κ1) is 13.9. The summed E-state index contributed by atoms with van der Waals surface area (Å²) in [7, 11) is 0. The average Bonchev–Trinajstić information content (AvgIpc) is 2.94. The molecule has 1 aromatic heterocycles. The lowest BCUT2D eigenvalue weighted by molar-refractivity contribution is 0.0697. The molecule has 0 amide bonds. The SMILES string of the molecule is O=C(O)c1c(N2CCNCC2)noc1-c1ccc(Cl)cc1. The Kier molecular flexibility index (Phi) is 3.81. The predicted octanol–water partition coefficient (Wildman–Crippen LogP) is 2.10. The molecule has 1 aliphatic rings. The maximum atomic E-state index is 11.6. The minimum Gasteiger partial charge on any atom is -0.477 e. The minimum absolute atomic E-state index is 0.0965. The topological polar surface area (TPSA) is 78.6 Å². The monoisotopic (exact) mass is 307 g/mol. The van der Waals surface area contributed by atoms with E-state index in [1.54, 1.807) is 24.3 Å². The molecule has 2 N–H and O–H groups in total. The highest BCUT2D eigenvalue weighted by molar-refractivity contribution is 6.30. The second-order valence-corrected chi connectivity index (χ2v) is 5.20. The van der Waals surface area contributed by atoms with Crippen molar-refractivity contribution in [2.24, 2.45) is 0 Å². The fraction of sp³-hybridized carbons (Fsp3) is 0.286. The fourth-order valence-electron chi connectivity index (χ4n) is 2.37. The van der Waals surface area contributed by atoms with Crippen molar-refractivity contribution in [2.75, 3.05) is 31.1 Å². The Labute approximate surface area is 126 Å². The zero-order valence-electron chi connectivity index (χ0n) is 11.2. The van der Waals surface area contributed by atoms with Crippen LogP contribution < -0.4 is 10.2 Å². The van der Waals surface area contributed by atoms with Gasteiger partial charge in [0.1, 0.15) is 0 Å². The lowest BCUT2D eigenvalue weighted by Crippen LogP contribution is -2.44. The highest BCUT2D eigenvalue weighted by Crippen LogP contribution is 2.32. The Morgan fingerprint density at radius 3 is 2.57 bits per heavy atom. The number of carbonyl (C=O) groups is 1. The van der Waals surface area contributed by atoms with Crippen LogP contribution in [0.1, 0.15) is 10.4 Å². The van der Waals surface area contributed by atoms with Gasteiger partial charge in [-0.05, 0) is 24.3 Å². The first-order valence-corrected chi connectivity index (χ1v) is 6.99. The molecule has 3 rings (SSSR count). The summed E-state index contributed by atoms with van der Waals surface area (Å²) in [6.45, 7) is 2.99. The van der Waals surface area contributed by atoms with E-state index in [2.05, 4.69) is 10.5 Å². The summed E-state index contributed by atoms with van der Waals surface area (Å²) in [4.78, 5) is 13.5. The van der Waals surface area contributed by atoms with Crippen LogP contribution in [0.4, 0.5) is 5.82 Å². The van der Waals surface area contributed by atoms with E-state index in [1.165, 1.54) is 0 Å². The maximum Gasteiger partial charge on any atom is 0.343 e. The van der Waals surface area contributed by atoms with E-state index in [9.17, 15) is 9.90 Å². The van der Waals surface area contributed by atoms with Gasteiger partial charge in [-0.2, -0.15) is 0 Å². The van der Waals surface area contributed by atoms with Crippen molar-refractivity contribution < 1.29 is 14.4 Å². The number of nitrogens with zero attached hydrogens (tertiary/aromatic N) is 2. The lowest BCUT2D eigenvalue weighted by Gasteiger charge is -2.27. The van der Waals surface area contributed by atoms with Crippen molar-refractivity contribution in [2.45, 2.75) is 0 Å². The van der Waals surface area contributed by atoms with Crippen LogP contribution >= 0.6 is 11.6 Å². The predicted molar refractivity (Wildman–Crippen MR) is 79.0 cm³/mol. The van der Waals surface area contributed by atoms with Gasteiger partial charge in [-0.15, -0.1) is 0 Å². The Morgan fingerprint density at radius 1 is 1.29 bits per heavy atom. The molecule has 110 valence electrons.